The van der Waals surface area contributed by atoms with Gasteiger partial charge in [-0.2, -0.15) is 0 Å². The van der Waals surface area contributed by atoms with E-state index in [0.717, 1.165) is 5.56 Å². The van der Waals surface area contributed by atoms with E-state index in [9.17, 15) is 14.7 Å². The van der Waals surface area contributed by atoms with Crippen LogP contribution < -0.4 is 18.9 Å². The third-order valence-electron chi connectivity index (χ3n) is 6.65. The molecule has 3 aromatic rings. The molecule has 1 fully saturated rings. The molecule has 1 N–H and O–H groups in total. The lowest BCUT2D eigenvalue weighted by Crippen LogP contribution is -2.33. The molecule has 3 aromatic carbocycles. The Morgan fingerprint density at radius 3 is 2.05 bits per heavy atom. The van der Waals surface area contributed by atoms with Crippen molar-refractivity contribution in [3.05, 3.63) is 89.0 Å². The second-order valence-corrected chi connectivity index (χ2v) is 9.97. The number of ketones is 1. The smallest absolute Gasteiger partial charge is 0.295 e. The highest BCUT2D eigenvalue weighted by Gasteiger charge is 2.46. The van der Waals surface area contributed by atoms with Gasteiger partial charge in [-0.3, -0.25) is 9.59 Å². The SMILES string of the molecule is COc1ccc(OCCN2C(=O)C(=O)/C(=C(\O)c3ccc(OCC(C)C)c(C)c3)C2c2ccc(OC)cc2)cc1. The van der Waals surface area contributed by atoms with E-state index in [1.807, 2.05) is 6.92 Å². The van der Waals surface area contributed by atoms with Crippen molar-refractivity contribution in [3.8, 4) is 23.0 Å². The lowest BCUT2D eigenvalue weighted by Gasteiger charge is -2.25. The normalized spacial score (nSPS) is 16.4. The van der Waals surface area contributed by atoms with Gasteiger partial charge in [0.1, 0.15) is 35.4 Å². The fourth-order valence-electron chi connectivity index (χ4n) is 4.55. The molecule has 1 atom stereocenters. The van der Waals surface area contributed by atoms with Gasteiger partial charge in [-0.25, -0.2) is 0 Å². The molecule has 8 heteroatoms. The van der Waals surface area contributed by atoms with Crippen LogP contribution in [0.2, 0.25) is 0 Å². The number of methoxy groups -OCH3 is 2. The zero-order valence-corrected chi connectivity index (χ0v) is 23.5. The Labute approximate surface area is 234 Å². The number of ether oxygens (including phenoxy) is 4. The van der Waals surface area contributed by atoms with Gasteiger partial charge in [0, 0.05) is 5.56 Å². The van der Waals surface area contributed by atoms with Crippen LogP contribution in [0.25, 0.3) is 5.76 Å². The Balaban J connectivity index is 1.66. The number of aliphatic hydroxyl groups excluding tert-OH is 1. The summed E-state index contributed by atoms with van der Waals surface area (Å²) in [6, 6.07) is 18.6. The number of carbonyl (C=O) groups is 2. The number of hydrogen-bond acceptors (Lipinski definition) is 7. The van der Waals surface area contributed by atoms with Crippen molar-refractivity contribution in [3.63, 3.8) is 0 Å². The Hall–Kier alpha value is -4.46. The summed E-state index contributed by atoms with van der Waals surface area (Å²) in [6.45, 7) is 6.85. The summed E-state index contributed by atoms with van der Waals surface area (Å²) in [6.07, 6.45) is 0. The van der Waals surface area contributed by atoms with Crippen LogP contribution in [0.4, 0.5) is 0 Å². The lowest BCUT2D eigenvalue weighted by atomic mass is 9.94. The first-order valence-corrected chi connectivity index (χ1v) is 13.2. The van der Waals surface area contributed by atoms with Gasteiger partial charge in [0.15, 0.2) is 0 Å². The van der Waals surface area contributed by atoms with Gasteiger partial charge in [0.2, 0.25) is 0 Å². The molecule has 1 unspecified atom stereocenters. The molecule has 1 saturated heterocycles. The molecule has 4 rings (SSSR count). The summed E-state index contributed by atoms with van der Waals surface area (Å²) in [7, 11) is 3.15. The van der Waals surface area contributed by atoms with Gasteiger partial charge in [0.25, 0.3) is 11.7 Å². The molecule has 40 heavy (non-hydrogen) atoms. The van der Waals surface area contributed by atoms with E-state index >= 15 is 0 Å². The van der Waals surface area contributed by atoms with Gasteiger partial charge in [-0.15, -0.1) is 0 Å². The van der Waals surface area contributed by atoms with Crippen molar-refractivity contribution < 1.29 is 33.6 Å². The van der Waals surface area contributed by atoms with Crippen molar-refractivity contribution >= 4 is 17.4 Å². The molecule has 1 amide bonds. The van der Waals surface area contributed by atoms with Crippen LogP contribution in [0.5, 0.6) is 23.0 Å². The number of Topliss-reactive ketones (excluding diaryl/α,β-unsaturated/α-hetero) is 1. The second kappa shape index (κ2) is 12.6. The molecular formula is C32H35NO7. The van der Waals surface area contributed by atoms with Crippen LogP contribution in [0, 0.1) is 12.8 Å². The van der Waals surface area contributed by atoms with Crippen LogP contribution in [-0.4, -0.2) is 55.7 Å². The van der Waals surface area contributed by atoms with Gasteiger partial charge < -0.3 is 29.0 Å². The van der Waals surface area contributed by atoms with Gasteiger partial charge in [0.05, 0.1) is 39.0 Å². The molecule has 1 aliphatic rings. The second-order valence-electron chi connectivity index (χ2n) is 9.97. The number of rotatable bonds is 11. The average Bonchev–Trinajstić information content (AvgIpc) is 3.21. The molecule has 0 saturated carbocycles. The van der Waals surface area contributed by atoms with Crippen LogP contribution in [0.1, 0.15) is 36.6 Å². The molecule has 0 aromatic heterocycles. The van der Waals surface area contributed by atoms with Crippen LogP contribution in [-0.2, 0) is 9.59 Å². The van der Waals surface area contributed by atoms with Crippen molar-refractivity contribution in [2.45, 2.75) is 26.8 Å². The number of amides is 1. The van der Waals surface area contributed by atoms with Crippen LogP contribution >= 0.6 is 0 Å². The minimum Gasteiger partial charge on any atom is -0.507 e. The monoisotopic (exact) mass is 545 g/mol. The number of carbonyl (C=O) groups excluding carboxylic acids is 2. The third kappa shape index (κ3) is 6.22. The number of aryl methyl sites for hydroxylation is 1. The van der Waals surface area contributed by atoms with Crippen molar-refractivity contribution in [2.75, 3.05) is 34.0 Å². The topological polar surface area (TPSA) is 94.5 Å². The number of likely N-dealkylation sites (tertiary alicyclic amines) is 1. The van der Waals surface area contributed by atoms with Crippen molar-refractivity contribution in [2.24, 2.45) is 5.92 Å². The van der Waals surface area contributed by atoms with E-state index in [4.69, 9.17) is 18.9 Å². The lowest BCUT2D eigenvalue weighted by molar-refractivity contribution is -0.140. The molecule has 210 valence electrons. The van der Waals surface area contributed by atoms with Crippen LogP contribution in [0.3, 0.4) is 0 Å². The maximum absolute atomic E-state index is 13.4. The molecule has 0 spiro atoms. The summed E-state index contributed by atoms with van der Waals surface area (Å²) in [5, 5.41) is 11.4. The number of benzene rings is 3. The minimum atomic E-state index is -0.803. The summed E-state index contributed by atoms with van der Waals surface area (Å²) < 4.78 is 22.2. The fraction of sp³-hybridized carbons (Fsp3) is 0.312. The zero-order chi connectivity index (χ0) is 28.8. The highest BCUT2D eigenvalue weighted by Crippen LogP contribution is 2.40. The predicted octanol–water partition coefficient (Wildman–Crippen LogP) is 5.55. The first-order chi connectivity index (χ1) is 19.2. The van der Waals surface area contributed by atoms with E-state index in [1.54, 1.807) is 80.9 Å². The van der Waals surface area contributed by atoms with Crippen molar-refractivity contribution in [1.82, 2.24) is 4.90 Å². The Morgan fingerprint density at radius 1 is 0.875 bits per heavy atom. The van der Waals surface area contributed by atoms with Gasteiger partial charge in [-0.1, -0.05) is 26.0 Å². The summed E-state index contributed by atoms with van der Waals surface area (Å²) in [4.78, 5) is 28.1. The molecule has 1 aliphatic heterocycles. The molecule has 0 bridgehead atoms. The van der Waals surface area contributed by atoms with E-state index in [-0.39, 0.29) is 24.5 Å². The van der Waals surface area contributed by atoms with Crippen LogP contribution in [0.15, 0.2) is 72.3 Å². The summed E-state index contributed by atoms with van der Waals surface area (Å²) in [5.41, 5.74) is 1.93. The molecule has 8 nitrogen and oxygen atoms in total. The highest BCUT2D eigenvalue weighted by molar-refractivity contribution is 6.46. The quantitative estimate of drug-likeness (QED) is 0.192. The maximum atomic E-state index is 13.4. The fourth-order valence-corrected chi connectivity index (χ4v) is 4.55. The highest BCUT2D eigenvalue weighted by atomic mass is 16.5. The molecule has 0 aliphatic carbocycles. The first kappa shape index (κ1) is 28.5. The maximum Gasteiger partial charge on any atom is 0.295 e. The Kier molecular flexibility index (Phi) is 8.99. The number of aliphatic hydroxyl groups is 1. The first-order valence-electron chi connectivity index (χ1n) is 13.2. The van der Waals surface area contributed by atoms with Crippen molar-refractivity contribution in [1.29, 1.82) is 0 Å². The average molecular weight is 546 g/mol. The zero-order valence-electron chi connectivity index (χ0n) is 23.5. The molecule has 1 heterocycles. The molecular weight excluding hydrogens is 510 g/mol. The van der Waals surface area contributed by atoms with E-state index < -0.39 is 17.7 Å². The summed E-state index contributed by atoms with van der Waals surface area (Å²) >= 11 is 0. The standard InChI is InChI=1S/C32H35NO7/c1-20(2)19-40-27-15-8-23(18-21(27)3)30(34)28-29(22-6-9-24(37-4)10-7-22)33(32(36)31(28)35)16-17-39-26-13-11-25(38-5)12-14-26/h6-15,18,20,29,34H,16-17,19H2,1-5H3/b30-28-. The number of hydrogen-bond donors (Lipinski definition) is 1. The van der Waals surface area contributed by atoms with E-state index in [0.29, 0.717) is 46.6 Å². The third-order valence-corrected chi connectivity index (χ3v) is 6.65. The Bertz CT molecular complexity index is 1380. The van der Waals surface area contributed by atoms with E-state index in [1.165, 1.54) is 4.90 Å². The van der Waals surface area contributed by atoms with Gasteiger partial charge >= 0.3 is 0 Å². The minimum absolute atomic E-state index is 0.0230. The largest absolute Gasteiger partial charge is 0.507 e. The van der Waals surface area contributed by atoms with E-state index in [2.05, 4.69) is 13.8 Å². The number of nitrogens with zero attached hydrogens (tertiary/aromatic N) is 1. The van der Waals surface area contributed by atoms with Gasteiger partial charge in [-0.05, 0) is 78.6 Å². The molecule has 0 radical (unpaired) electrons. The predicted molar refractivity (Wildman–Crippen MR) is 152 cm³/mol. The Morgan fingerprint density at radius 2 is 1.48 bits per heavy atom. The summed E-state index contributed by atoms with van der Waals surface area (Å²) in [5.74, 6) is 1.32.